The van der Waals surface area contributed by atoms with Crippen molar-refractivity contribution < 1.29 is 0 Å². The van der Waals surface area contributed by atoms with Crippen LogP contribution in [0.2, 0.25) is 0 Å². The number of hydrogen-bond acceptors (Lipinski definition) is 12. The Labute approximate surface area is 547 Å². The van der Waals surface area contributed by atoms with E-state index in [1.807, 2.05) is 38.1 Å². The molecule has 0 aliphatic carbocycles. The van der Waals surface area contributed by atoms with Crippen molar-refractivity contribution in [2.24, 2.45) is 0 Å². The Balaban J connectivity index is 0.000000139. The maximum atomic E-state index is 14.1. The highest BCUT2D eigenvalue weighted by Gasteiger charge is 2.27. The summed E-state index contributed by atoms with van der Waals surface area (Å²) in [7, 11) is 0. The van der Waals surface area contributed by atoms with E-state index in [1.165, 1.54) is 64.0 Å². The minimum absolute atomic E-state index is 0.0503. The Morgan fingerprint density at radius 2 is 0.444 bits per heavy atom. The highest BCUT2D eigenvalue weighted by molar-refractivity contribution is 7.30. The smallest absolute Gasteiger partial charge is 0.195 e. The zero-order valence-corrected chi connectivity index (χ0v) is 55.8. The highest BCUT2D eigenvalue weighted by atomic mass is 32.1. The molecule has 0 spiro atoms. The predicted octanol–water partition coefficient (Wildman–Crippen LogP) is 23.5. The lowest BCUT2D eigenvalue weighted by Crippen LogP contribution is -2.00. The molecule has 0 fully saturated rings. The van der Waals surface area contributed by atoms with Crippen LogP contribution < -0.4 is 21.7 Å². The van der Waals surface area contributed by atoms with E-state index in [9.17, 15) is 19.2 Å². The van der Waals surface area contributed by atoms with Crippen LogP contribution in [0.25, 0.3) is 164 Å². The summed E-state index contributed by atoms with van der Waals surface area (Å²) in [4.78, 5) is 69.4. The molecular formula is C78H48O4S8. The van der Waals surface area contributed by atoms with Gasteiger partial charge in [-0.1, -0.05) is 119 Å². The average Bonchev–Trinajstić information content (AvgIpc) is 1.55. The zero-order chi connectivity index (χ0) is 61.1. The first kappa shape index (κ1) is 55.6. The third-order valence-electron chi connectivity index (χ3n) is 17.7. The van der Waals surface area contributed by atoms with Crippen LogP contribution in [0.1, 0.15) is 33.4 Å². The summed E-state index contributed by atoms with van der Waals surface area (Å²) < 4.78 is 3.93. The van der Waals surface area contributed by atoms with Crippen molar-refractivity contribution in [3.63, 3.8) is 0 Å². The number of aryl methyl sites for hydroxylation is 6. The maximum absolute atomic E-state index is 14.1. The molecule has 10 aromatic carbocycles. The van der Waals surface area contributed by atoms with Gasteiger partial charge in [0.25, 0.3) is 0 Å². The molecule has 0 saturated heterocycles. The second kappa shape index (κ2) is 21.1. The van der Waals surface area contributed by atoms with Crippen LogP contribution >= 0.6 is 90.7 Å². The van der Waals surface area contributed by atoms with E-state index in [0.29, 0.717) is 10.8 Å². The van der Waals surface area contributed by atoms with Gasteiger partial charge in [-0.3, -0.25) is 19.2 Å². The quantitative estimate of drug-likeness (QED) is 0.152. The van der Waals surface area contributed by atoms with Crippen LogP contribution in [0.5, 0.6) is 0 Å². The van der Waals surface area contributed by atoms with E-state index in [1.54, 1.807) is 90.7 Å². The molecular weight excluding hydrogens is 1260 g/mol. The molecule has 0 bridgehead atoms. The summed E-state index contributed by atoms with van der Waals surface area (Å²) in [5.74, 6) is 0. The molecule has 4 nitrogen and oxygen atoms in total. The van der Waals surface area contributed by atoms with Crippen molar-refractivity contribution in [2.75, 3.05) is 0 Å². The molecule has 8 heterocycles. The van der Waals surface area contributed by atoms with Crippen LogP contribution in [-0.2, 0) is 0 Å². The molecule has 0 aliphatic heterocycles. The second-order valence-corrected chi connectivity index (χ2v) is 32.1. The number of benzene rings is 6. The molecule has 0 atom stereocenters. The van der Waals surface area contributed by atoms with E-state index in [2.05, 4.69) is 185 Å². The Morgan fingerprint density at radius 1 is 0.200 bits per heavy atom. The SMILES string of the molecule is Cc1ccc(-c2ccc(-c3cc4c(=O)c5c(C)c6c(c(C)c5c4s3)c(=O)c3cc(-c4ccc(-c5ccc(C)cc5)s4)sc36)s2)cc1.Cc1ccc(-c2ccc(-c3cc4c(=O)c5cc6c(cc5c4s3)c(=O)c3cc(-c4ccc(-c5ccc(C)cc5)s4)sc36)s2)cc1. The van der Waals surface area contributed by atoms with Gasteiger partial charge in [0.05, 0.1) is 0 Å². The normalized spacial score (nSPS) is 12.1. The molecule has 0 radical (unpaired) electrons. The van der Waals surface area contributed by atoms with Gasteiger partial charge in [-0.05, 0) is 160 Å². The van der Waals surface area contributed by atoms with Crippen LogP contribution in [0.15, 0.2) is 201 Å². The predicted molar refractivity (Wildman–Crippen MR) is 398 cm³/mol. The number of fused-ring (bicyclic) bond motifs is 12. The van der Waals surface area contributed by atoms with Gasteiger partial charge < -0.3 is 0 Å². The molecule has 432 valence electrons. The summed E-state index contributed by atoms with van der Waals surface area (Å²) in [6, 6.07) is 63.7. The minimum Gasteiger partial charge on any atom is -0.289 e. The van der Waals surface area contributed by atoms with Gasteiger partial charge in [0.15, 0.2) is 21.7 Å². The largest absolute Gasteiger partial charge is 0.289 e. The first-order valence-electron chi connectivity index (χ1n) is 29.5. The zero-order valence-electron chi connectivity index (χ0n) is 49.2. The lowest BCUT2D eigenvalue weighted by Gasteiger charge is -2.05. The van der Waals surface area contributed by atoms with Gasteiger partial charge in [0, 0.05) is 142 Å². The number of hydrogen-bond donors (Lipinski definition) is 0. The molecule has 90 heavy (non-hydrogen) atoms. The van der Waals surface area contributed by atoms with Crippen LogP contribution in [0, 0.1) is 41.5 Å². The summed E-state index contributed by atoms with van der Waals surface area (Å²) in [5, 5.41) is 9.64. The minimum atomic E-state index is 0.0503. The molecule has 0 saturated carbocycles. The molecule has 8 aromatic heterocycles. The van der Waals surface area contributed by atoms with Gasteiger partial charge in [0.2, 0.25) is 0 Å². The van der Waals surface area contributed by atoms with E-state index in [0.717, 1.165) is 123 Å². The number of rotatable bonds is 8. The fraction of sp³-hybridized carbons (Fsp3) is 0.0769. The lowest BCUT2D eigenvalue weighted by molar-refractivity contribution is 1.48. The van der Waals surface area contributed by atoms with Gasteiger partial charge in [-0.15, -0.1) is 90.7 Å². The monoisotopic (exact) mass is 1300 g/mol. The topological polar surface area (TPSA) is 68.3 Å². The van der Waals surface area contributed by atoms with Gasteiger partial charge in [-0.2, -0.15) is 0 Å². The van der Waals surface area contributed by atoms with Crippen molar-refractivity contribution in [2.45, 2.75) is 41.5 Å². The first-order valence-corrected chi connectivity index (χ1v) is 36.0. The maximum Gasteiger partial charge on any atom is 0.195 e. The van der Waals surface area contributed by atoms with Crippen molar-refractivity contribution in [1.29, 1.82) is 0 Å². The van der Waals surface area contributed by atoms with Crippen molar-refractivity contribution >= 4 is 174 Å². The van der Waals surface area contributed by atoms with Crippen molar-refractivity contribution in [1.82, 2.24) is 0 Å². The van der Waals surface area contributed by atoms with Gasteiger partial charge in [0.1, 0.15) is 0 Å². The van der Waals surface area contributed by atoms with E-state index in [4.69, 9.17) is 0 Å². The average molecular weight is 1310 g/mol. The van der Waals surface area contributed by atoms with E-state index >= 15 is 0 Å². The second-order valence-electron chi connectivity index (χ2n) is 23.5. The van der Waals surface area contributed by atoms with Gasteiger partial charge in [-0.25, -0.2) is 0 Å². The highest BCUT2D eigenvalue weighted by Crippen LogP contribution is 2.50. The summed E-state index contributed by atoms with van der Waals surface area (Å²) >= 11 is 13.6. The molecule has 0 N–H and O–H groups in total. The third-order valence-corrected chi connectivity index (χ3v) is 27.7. The standard InChI is InChI=1S/C40H26O2S4.C38H22O2S4/c1-19-5-9-23(10-6-19)27-13-15-29(43-27)31-17-25-37(41)33-22(4)36-34(21(3)35(33)39(25)45-31)38(42)26-18-32(46-40(26)36)30-16-14-28(44-30)24-11-7-20(2)8-12-24;1-19-3-7-21(8-4-19)29-11-13-31(41-29)33-17-27-35(39)23-16-26-24(15-25(23)37(27)43-33)36(40)28-18-34(44-38(26)28)32-14-12-30(42-32)22-9-5-20(2)6-10-22/h5-18H,1-4H3;3-18H,1-2H3. The molecule has 0 amide bonds. The molecule has 18 aromatic rings. The molecule has 0 aliphatic rings. The fourth-order valence-electron chi connectivity index (χ4n) is 12.9. The Bertz CT molecular complexity index is 5780. The van der Waals surface area contributed by atoms with E-state index < -0.39 is 0 Å². The summed E-state index contributed by atoms with van der Waals surface area (Å²) in [6.07, 6.45) is 0. The van der Waals surface area contributed by atoms with Gasteiger partial charge >= 0.3 is 0 Å². The Hall–Kier alpha value is -8.40. The van der Waals surface area contributed by atoms with Crippen LogP contribution in [0.4, 0.5) is 0 Å². The molecule has 12 heteroatoms. The third kappa shape index (κ3) is 8.86. The fourth-order valence-corrected chi connectivity index (χ4v) is 22.2. The lowest BCUT2D eigenvalue weighted by atomic mass is 9.99. The summed E-state index contributed by atoms with van der Waals surface area (Å²) in [5.41, 5.74) is 11.9. The van der Waals surface area contributed by atoms with Crippen LogP contribution in [0.3, 0.4) is 0 Å². The Kier molecular flexibility index (Phi) is 13.0. The van der Waals surface area contributed by atoms with Crippen molar-refractivity contribution in [3.8, 4) is 80.8 Å². The van der Waals surface area contributed by atoms with Crippen LogP contribution in [-0.4, -0.2) is 0 Å². The van der Waals surface area contributed by atoms with E-state index in [-0.39, 0.29) is 21.7 Å². The van der Waals surface area contributed by atoms with Crippen molar-refractivity contribution in [3.05, 3.63) is 256 Å². The first-order chi connectivity index (χ1) is 43.7. The molecule has 18 rings (SSSR count). The Morgan fingerprint density at radius 3 is 0.722 bits per heavy atom. The summed E-state index contributed by atoms with van der Waals surface area (Å²) in [6.45, 7) is 12.4. The number of thiophene rings is 8. The molecule has 0 unspecified atom stereocenters.